The highest BCUT2D eigenvalue weighted by Crippen LogP contribution is 2.38. The number of hydrogen-bond donors (Lipinski definition) is 0. The van der Waals surface area contributed by atoms with Crippen LogP contribution in [0.2, 0.25) is 0 Å². The number of hydrogen-bond acceptors (Lipinski definition) is 10. The first-order valence-corrected chi connectivity index (χ1v) is 11.5. The Kier molecular flexibility index (Phi) is 5.52. The zero-order chi connectivity index (χ0) is 22.2. The molecule has 0 spiro atoms. The highest BCUT2D eigenvalue weighted by atomic mass is 16.5. The Hall–Kier alpha value is -3.04. The fourth-order valence-corrected chi connectivity index (χ4v) is 4.50. The van der Waals surface area contributed by atoms with Crippen LogP contribution in [0, 0.1) is 0 Å². The van der Waals surface area contributed by atoms with E-state index in [0.717, 1.165) is 62.1 Å². The molecule has 10 nitrogen and oxygen atoms in total. The molecule has 0 saturated carbocycles. The molecule has 0 N–H and O–H groups in total. The van der Waals surface area contributed by atoms with Crippen molar-refractivity contribution >= 4 is 11.6 Å². The average molecular weight is 439 g/mol. The van der Waals surface area contributed by atoms with E-state index >= 15 is 0 Å². The quantitative estimate of drug-likeness (QED) is 0.556. The van der Waals surface area contributed by atoms with E-state index < -0.39 is 0 Å². The summed E-state index contributed by atoms with van der Waals surface area (Å²) in [6.07, 6.45) is 5.71. The van der Waals surface area contributed by atoms with Crippen LogP contribution in [-0.4, -0.2) is 43.3 Å². The van der Waals surface area contributed by atoms with Gasteiger partial charge in [-0.15, -0.1) is 0 Å². The van der Waals surface area contributed by atoms with E-state index in [0.29, 0.717) is 11.8 Å². The second-order valence-corrected chi connectivity index (χ2v) is 9.23. The van der Waals surface area contributed by atoms with Crippen LogP contribution in [0.1, 0.15) is 101 Å². The zero-order valence-electron chi connectivity index (χ0n) is 19.1. The van der Waals surface area contributed by atoms with Crippen LogP contribution in [0.3, 0.4) is 0 Å². The van der Waals surface area contributed by atoms with Gasteiger partial charge in [-0.05, 0) is 25.7 Å². The van der Waals surface area contributed by atoms with Crippen LogP contribution < -0.4 is 9.80 Å². The molecule has 10 heteroatoms. The molecule has 2 atom stereocenters. The second-order valence-electron chi connectivity index (χ2n) is 9.23. The van der Waals surface area contributed by atoms with Gasteiger partial charge in [0.15, 0.2) is 11.6 Å². The fraction of sp³-hybridized carbons (Fsp3) is 0.636. The Morgan fingerprint density at radius 2 is 1.25 bits per heavy atom. The molecule has 2 unspecified atom stereocenters. The minimum Gasteiger partial charge on any atom is -0.346 e. The van der Waals surface area contributed by atoms with Gasteiger partial charge >= 0.3 is 0 Å². The van der Waals surface area contributed by atoms with Gasteiger partial charge in [0, 0.05) is 31.0 Å². The maximum absolute atomic E-state index is 5.46. The number of rotatable bonds is 6. The number of aromatic nitrogens is 6. The molecule has 5 heterocycles. The molecule has 170 valence electrons. The van der Waals surface area contributed by atoms with Gasteiger partial charge in [-0.2, -0.15) is 9.97 Å². The van der Waals surface area contributed by atoms with Gasteiger partial charge < -0.3 is 18.8 Å². The third-order valence-corrected chi connectivity index (χ3v) is 6.23. The molecular formula is C22H30N8O2. The molecule has 32 heavy (non-hydrogen) atoms. The fourth-order valence-electron chi connectivity index (χ4n) is 4.50. The first kappa shape index (κ1) is 20.8. The third-order valence-electron chi connectivity index (χ3n) is 6.23. The molecule has 0 aliphatic carbocycles. The Morgan fingerprint density at radius 3 is 1.66 bits per heavy atom. The smallest absolute Gasteiger partial charge is 0.229 e. The molecule has 0 amide bonds. The lowest BCUT2D eigenvalue weighted by molar-refractivity contribution is 0.358. The van der Waals surface area contributed by atoms with Crippen molar-refractivity contribution in [3.05, 3.63) is 35.8 Å². The van der Waals surface area contributed by atoms with Gasteiger partial charge in [0.05, 0.1) is 12.1 Å². The summed E-state index contributed by atoms with van der Waals surface area (Å²) in [6, 6.07) is 2.19. The van der Waals surface area contributed by atoms with Crippen molar-refractivity contribution in [2.24, 2.45) is 0 Å². The van der Waals surface area contributed by atoms with E-state index in [-0.39, 0.29) is 23.9 Å². The largest absolute Gasteiger partial charge is 0.346 e. The summed E-state index contributed by atoms with van der Waals surface area (Å²) >= 11 is 0. The molecule has 3 aromatic heterocycles. The Labute approximate surface area is 187 Å². The van der Waals surface area contributed by atoms with Crippen LogP contribution in [0.25, 0.3) is 0 Å². The van der Waals surface area contributed by atoms with E-state index in [1.54, 1.807) is 6.33 Å². The van der Waals surface area contributed by atoms with E-state index in [2.05, 4.69) is 73.8 Å². The van der Waals surface area contributed by atoms with Gasteiger partial charge in [-0.1, -0.05) is 38.0 Å². The summed E-state index contributed by atoms with van der Waals surface area (Å²) in [5.74, 6) is 5.02. The molecule has 0 radical (unpaired) electrons. The molecule has 0 aromatic carbocycles. The summed E-state index contributed by atoms with van der Waals surface area (Å²) in [6.45, 7) is 10.0. The lowest BCUT2D eigenvalue weighted by atomic mass is 10.2. The van der Waals surface area contributed by atoms with Crippen LogP contribution in [0.5, 0.6) is 0 Å². The van der Waals surface area contributed by atoms with Gasteiger partial charge in [0.25, 0.3) is 0 Å². The Morgan fingerprint density at radius 1 is 0.781 bits per heavy atom. The monoisotopic (exact) mass is 438 g/mol. The third kappa shape index (κ3) is 3.82. The molecule has 0 bridgehead atoms. The van der Waals surface area contributed by atoms with E-state index in [1.165, 1.54) is 0 Å². The molecule has 2 saturated heterocycles. The number of anilines is 2. The van der Waals surface area contributed by atoms with Crippen LogP contribution >= 0.6 is 0 Å². The zero-order valence-corrected chi connectivity index (χ0v) is 19.1. The van der Waals surface area contributed by atoms with Crippen molar-refractivity contribution in [3.8, 4) is 0 Å². The maximum atomic E-state index is 5.46. The van der Waals surface area contributed by atoms with E-state index in [1.807, 2.05) is 0 Å². The summed E-state index contributed by atoms with van der Waals surface area (Å²) in [7, 11) is 0. The molecule has 2 aliphatic rings. The normalized spacial score (nSPS) is 21.4. The van der Waals surface area contributed by atoms with Crippen molar-refractivity contribution in [1.29, 1.82) is 0 Å². The Balaban J connectivity index is 1.39. The van der Waals surface area contributed by atoms with E-state index in [9.17, 15) is 0 Å². The van der Waals surface area contributed by atoms with Gasteiger partial charge in [0.1, 0.15) is 18.0 Å². The lowest BCUT2D eigenvalue weighted by Gasteiger charge is -2.27. The first-order valence-electron chi connectivity index (χ1n) is 11.5. The van der Waals surface area contributed by atoms with Crippen molar-refractivity contribution in [2.45, 2.75) is 77.3 Å². The Bertz CT molecular complexity index is 982. The minimum absolute atomic E-state index is 0.0641. The molecule has 3 aromatic rings. The first-order chi connectivity index (χ1) is 15.5. The summed E-state index contributed by atoms with van der Waals surface area (Å²) in [5.41, 5.74) is 0. The standard InChI is InChI=1S/C22H30N8O2/c1-13(2)21-25-19(27-31-21)15-7-5-9-29(15)17-11-18(24-12-23-17)30-10-6-8-16(30)20-26-22(14(3)4)32-28-20/h11-16H,5-10H2,1-4H3. The van der Waals surface area contributed by atoms with Gasteiger partial charge in [0.2, 0.25) is 11.8 Å². The predicted molar refractivity (Wildman–Crippen MR) is 117 cm³/mol. The molecule has 5 rings (SSSR count). The maximum Gasteiger partial charge on any atom is 0.229 e. The highest BCUT2D eigenvalue weighted by Gasteiger charge is 2.34. The SMILES string of the molecule is CC(C)c1nc(C2CCCN2c2cc(N3CCCC3c3noc(C(C)C)n3)ncn2)no1. The lowest BCUT2D eigenvalue weighted by Crippen LogP contribution is -2.27. The molecule has 2 fully saturated rings. The summed E-state index contributed by atoms with van der Waals surface area (Å²) in [5, 5.41) is 8.51. The van der Waals surface area contributed by atoms with Crippen molar-refractivity contribution in [3.63, 3.8) is 0 Å². The van der Waals surface area contributed by atoms with E-state index in [4.69, 9.17) is 9.05 Å². The molecule has 2 aliphatic heterocycles. The van der Waals surface area contributed by atoms with Crippen molar-refractivity contribution in [1.82, 2.24) is 30.2 Å². The second kappa shape index (κ2) is 8.48. The number of nitrogens with zero attached hydrogens (tertiary/aromatic N) is 8. The van der Waals surface area contributed by atoms with Crippen LogP contribution in [0.15, 0.2) is 21.4 Å². The topological polar surface area (TPSA) is 110 Å². The predicted octanol–water partition coefficient (Wildman–Crippen LogP) is 4.17. The van der Waals surface area contributed by atoms with Crippen molar-refractivity contribution < 1.29 is 9.05 Å². The highest BCUT2D eigenvalue weighted by molar-refractivity contribution is 5.53. The average Bonchev–Trinajstić information content (AvgIpc) is 3.58. The summed E-state index contributed by atoms with van der Waals surface area (Å²) < 4.78 is 10.9. The minimum atomic E-state index is 0.0641. The molecular weight excluding hydrogens is 408 g/mol. The van der Waals surface area contributed by atoms with Crippen molar-refractivity contribution in [2.75, 3.05) is 22.9 Å². The van der Waals surface area contributed by atoms with Crippen LogP contribution in [-0.2, 0) is 0 Å². The summed E-state index contributed by atoms with van der Waals surface area (Å²) in [4.78, 5) is 23.0. The van der Waals surface area contributed by atoms with Gasteiger partial charge in [-0.25, -0.2) is 9.97 Å². The van der Waals surface area contributed by atoms with Crippen LogP contribution in [0.4, 0.5) is 11.6 Å². The van der Waals surface area contributed by atoms with Gasteiger partial charge in [-0.3, -0.25) is 0 Å².